The van der Waals surface area contributed by atoms with Gasteiger partial charge in [-0.25, -0.2) is 0 Å². The number of hydrogen-bond donors (Lipinski definition) is 3. The van der Waals surface area contributed by atoms with Crippen LogP contribution in [0.5, 0.6) is 11.5 Å². The van der Waals surface area contributed by atoms with Crippen LogP contribution in [0.3, 0.4) is 0 Å². The van der Waals surface area contributed by atoms with Crippen LogP contribution in [0.1, 0.15) is 50.6 Å². The van der Waals surface area contributed by atoms with Crippen LogP contribution < -0.4 is 14.8 Å². The van der Waals surface area contributed by atoms with Crippen molar-refractivity contribution in [2.45, 2.75) is 51.2 Å². The summed E-state index contributed by atoms with van der Waals surface area (Å²) in [6.45, 7) is 2.52. The van der Waals surface area contributed by atoms with E-state index in [0.29, 0.717) is 12.1 Å². The van der Waals surface area contributed by atoms with Crippen molar-refractivity contribution in [1.29, 1.82) is 0 Å². The van der Waals surface area contributed by atoms with Crippen molar-refractivity contribution in [2.75, 3.05) is 25.7 Å². The van der Waals surface area contributed by atoms with Gasteiger partial charge >= 0.3 is 0 Å². The second-order valence-corrected chi connectivity index (χ2v) is 10.0. The van der Waals surface area contributed by atoms with Crippen molar-refractivity contribution in [1.82, 2.24) is 5.32 Å². The van der Waals surface area contributed by atoms with Crippen LogP contribution >= 0.6 is 7.37 Å². The Balaban J connectivity index is 1.45. The van der Waals surface area contributed by atoms with E-state index in [2.05, 4.69) is 5.32 Å². The lowest BCUT2D eigenvalue weighted by Gasteiger charge is -2.25. The van der Waals surface area contributed by atoms with Gasteiger partial charge in [0.15, 0.2) is 11.5 Å². The molecule has 1 saturated carbocycles. The molecule has 6 nitrogen and oxygen atoms in total. The van der Waals surface area contributed by atoms with Crippen molar-refractivity contribution in [2.24, 2.45) is 5.92 Å². The molecule has 0 saturated heterocycles. The third kappa shape index (κ3) is 5.46. The summed E-state index contributed by atoms with van der Waals surface area (Å²) in [6, 6.07) is 5.75. The SMILES string of the molecule is CC(NCC(O)CP(=O)(O)CC1CCCCC1)c1ccc2c(c1)OCO2. The number of ether oxygens (including phenoxy) is 2. The van der Waals surface area contributed by atoms with Gasteiger partial charge in [0.2, 0.25) is 14.2 Å². The highest BCUT2D eigenvalue weighted by Crippen LogP contribution is 2.46. The fourth-order valence-corrected chi connectivity index (χ4v) is 5.96. The zero-order valence-corrected chi connectivity index (χ0v) is 16.3. The number of benzene rings is 1. The summed E-state index contributed by atoms with van der Waals surface area (Å²) in [6.07, 6.45) is 5.11. The van der Waals surface area contributed by atoms with Gasteiger partial charge in [-0.2, -0.15) is 0 Å². The number of aliphatic hydroxyl groups excluding tert-OH is 1. The van der Waals surface area contributed by atoms with E-state index in [4.69, 9.17) is 9.47 Å². The lowest BCUT2D eigenvalue weighted by molar-refractivity contribution is 0.174. The smallest absolute Gasteiger partial charge is 0.231 e. The summed E-state index contributed by atoms with van der Waals surface area (Å²) in [4.78, 5) is 10.3. The predicted octanol–water partition coefficient (Wildman–Crippen LogP) is 3.28. The van der Waals surface area contributed by atoms with Crippen molar-refractivity contribution >= 4 is 7.37 Å². The summed E-state index contributed by atoms with van der Waals surface area (Å²) < 4.78 is 23.2. The third-order valence-electron chi connectivity index (χ3n) is 5.32. The van der Waals surface area contributed by atoms with E-state index >= 15 is 0 Å². The Bertz CT molecular complexity index is 647. The Morgan fingerprint density at radius 2 is 1.96 bits per heavy atom. The first-order chi connectivity index (χ1) is 12.4. The molecule has 2 aliphatic rings. The molecule has 0 amide bonds. The Morgan fingerprint density at radius 3 is 2.73 bits per heavy atom. The molecule has 3 rings (SSSR count). The molecular formula is C19H30NO5P. The highest BCUT2D eigenvalue weighted by atomic mass is 31.2. The van der Waals surface area contributed by atoms with E-state index < -0.39 is 13.5 Å². The normalized spacial score (nSPS) is 22.0. The molecule has 1 aliphatic carbocycles. The largest absolute Gasteiger partial charge is 0.454 e. The van der Waals surface area contributed by atoms with Crippen LogP contribution in [0.4, 0.5) is 0 Å². The van der Waals surface area contributed by atoms with Crippen LogP contribution in [0.15, 0.2) is 18.2 Å². The number of fused-ring (bicyclic) bond motifs is 1. The minimum Gasteiger partial charge on any atom is -0.454 e. The van der Waals surface area contributed by atoms with Crippen LogP contribution in [0, 0.1) is 5.92 Å². The molecule has 0 aromatic heterocycles. The van der Waals surface area contributed by atoms with Crippen LogP contribution in [0.25, 0.3) is 0 Å². The Kier molecular flexibility index (Phi) is 6.62. The van der Waals surface area contributed by atoms with Crippen molar-refractivity contribution in [3.63, 3.8) is 0 Å². The van der Waals surface area contributed by atoms with Crippen molar-refractivity contribution in [3.05, 3.63) is 23.8 Å². The first-order valence-electron chi connectivity index (χ1n) is 9.55. The van der Waals surface area contributed by atoms with Gasteiger partial charge in [-0.05, 0) is 43.4 Å². The average molecular weight is 383 g/mol. The molecule has 1 fully saturated rings. The molecule has 0 bridgehead atoms. The van der Waals surface area contributed by atoms with Gasteiger partial charge in [0.25, 0.3) is 0 Å². The Morgan fingerprint density at radius 1 is 1.23 bits per heavy atom. The molecule has 1 aliphatic heterocycles. The summed E-state index contributed by atoms with van der Waals surface area (Å²) in [5.74, 6) is 1.81. The van der Waals surface area contributed by atoms with Gasteiger partial charge in [0.1, 0.15) is 0 Å². The molecule has 26 heavy (non-hydrogen) atoms. The molecule has 3 unspecified atom stereocenters. The number of aliphatic hydroxyl groups is 1. The van der Waals surface area contributed by atoms with Gasteiger partial charge in [-0.3, -0.25) is 4.57 Å². The van der Waals surface area contributed by atoms with Crippen molar-refractivity contribution < 1.29 is 24.0 Å². The van der Waals surface area contributed by atoms with Gasteiger partial charge in [0, 0.05) is 18.7 Å². The van der Waals surface area contributed by atoms with E-state index in [1.165, 1.54) is 6.42 Å². The molecule has 3 atom stereocenters. The number of nitrogens with one attached hydrogen (secondary N) is 1. The fourth-order valence-electron chi connectivity index (χ4n) is 3.85. The van der Waals surface area contributed by atoms with Gasteiger partial charge in [-0.1, -0.05) is 25.3 Å². The summed E-state index contributed by atoms with van der Waals surface area (Å²) in [7, 11) is -3.29. The molecule has 0 radical (unpaired) electrons. The van der Waals surface area contributed by atoms with Crippen LogP contribution in [0.2, 0.25) is 0 Å². The number of hydrogen-bond acceptors (Lipinski definition) is 5. The minimum absolute atomic E-state index is 0.00410. The predicted molar refractivity (Wildman–Crippen MR) is 101 cm³/mol. The number of rotatable bonds is 8. The third-order valence-corrected chi connectivity index (χ3v) is 7.40. The average Bonchev–Trinajstić information content (AvgIpc) is 3.07. The Labute approximate surface area is 155 Å². The standard InChI is InChI=1S/C19H30NO5P/c1-14(16-7-8-18-19(9-16)25-13-24-18)20-10-17(21)12-26(22,23)11-15-5-3-2-4-6-15/h7-9,14-15,17,20-21H,2-6,10-13H2,1H3,(H,22,23). The maximum absolute atomic E-state index is 12.5. The maximum atomic E-state index is 12.5. The minimum atomic E-state index is -3.29. The summed E-state index contributed by atoms with van der Waals surface area (Å²) in [5, 5.41) is 13.5. The fraction of sp³-hybridized carbons (Fsp3) is 0.684. The van der Waals surface area contributed by atoms with Gasteiger partial charge in [-0.15, -0.1) is 0 Å². The zero-order valence-electron chi connectivity index (χ0n) is 15.4. The molecule has 3 N–H and O–H groups in total. The van der Waals surface area contributed by atoms with E-state index in [1.807, 2.05) is 25.1 Å². The van der Waals surface area contributed by atoms with E-state index in [-0.39, 0.29) is 25.5 Å². The van der Waals surface area contributed by atoms with Crippen molar-refractivity contribution in [3.8, 4) is 11.5 Å². The summed E-state index contributed by atoms with van der Waals surface area (Å²) in [5.41, 5.74) is 1.02. The molecule has 1 aromatic rings. The topological polar surface area (TPSA) is 88.0 Å². The highest BCUT2D eigenvalue weighted by Gasteiger charge is 2.28. The highest BCUT2D eigenvalue weighted by molar-refractivity contribution is 7.58. The first-order valence-corrected chi connectivity index (χ1v) is 11.6. The molecule has 1 heterocycles. The monoisotopic (exact) mass is 383 g/mol. The summed E-state index contributed by atoms with van der Waals surface area (Å²) >= 11 is 0. The molecular weight excluding hydrogens is 353 g/mol. The second kappa shape index (κ2) is 8.75. The molecule has 146 valence electrons. The molecule has 1 aromatic carbocycles. The van der Waals surface area contributed by atoms with Gasteiger partial charge < -0.3 is 24.8 Å². The van der Waals surface area contributed by atoms with Crippen LogP contribution in [-0.2, 0) is 4.57 Å². The van der Waals surface area contributed by atoms with E-state index in [9.17, 15) is 14.6 Å². The Hall–Kier alpha value is -1.07. The van der Waals surface area contributed by atoms with E-state index in [0.717, 1.165) is 42.7 Å². The lowest BCUT2D eigenvalue weighted by atomic mass is 9.91. The first kappa shape index (κ1) is 19.7. The van der Waals surface area contributed by atoms with E-state index in [1.54, 1.807) is 0 Å². The van der Waals surface area contributed by atoms with Crippen LogP contribution in [-0.4, -0.2) is 41.8 Å². The lowest BCUT2D eigenvalue weighted by Crippen LogP contribution is -2.32. The quantitative estimate of drug-likeness (QED) is 0.597. The molecule has 0 spiro atoms. The van der Waals surface area contributed by atoms with Gasteiger partial charge in [0.05, 0.1) is 12.3 Å². The zero-order chi connectivity index (χ0) is 18.6. The maximum Gasteiger partial charge on any atom is 0.231 e. The molecule has 7 heteroatoms. The second-order valence-electron chi connectivity index (χ2n) is 7.61.